The van der Waals surface area contributed by atoms with Crippen LogP contribution < -0.4 is 20.7 Å². The summed E-state index contributed by atoms with van der Waals surface area (Å²) in [5.74, 6) is 0.590. The topological polar surface area (TPSA) is 79.5 Å². The lowest BCUT2D eigenvalue weighted by molar-refractivity contribution is -0.114. The van der Waals surface area contributed by atoms with Crippen LogP contribution in [0.25, 0.3) is 0 Å². The van der Waals surface area contributed by atoms with Crippen LogP contribution in [0.3, 0.4) is 0 Å². The lowest BCUT2D eigenvalue weighted by Crippen LogP contribution is -2.32. The lowest BCUT2D eigenvalue weighted by atomic mass is 10.3. The number of benzene rings is 2. The molecule has 7 heteroatoms. The van der Waals surface area contributed by atoms with Crippen molar-refractivity contribution in [2.75, 3.05) is 23.8 Å². The molecular weight excluding hydrogens is 374 g/mol. The van der Waals surface area contributed by atoms with Crippen LogP contribution in [0.15, 0.2) is 53.0 Å². The number of rotatable bonds is 6. The predicted molar refractivity (Wildman–Crippen MR) is 97.4 cm³/mol. The first-order valence-corrected chi connectivity index (χ1v) is 8.14. The molecule has 0 radical (unpaired) electrons. The van der Waals surface area contributed by atoms with Crippen molar-refractivity contribution < 1.29 is 14.3 Å². The van der Waals surface area contributed by atoms with E-state index in [1.54, 1.807) is 24.3 Å². The van der Waals surface area contributed by atoms with E-state index in [2.05, 4.69) is 31.9 Å². The fourth-order valence-corrected chi connectivity index (χ4v) is 2.30. The number of amides is 3. The van der Waals surface area contributed by atoms with Crippen LogP contribution in [0, 0.1) is 0 Å². The number of urea groups is 1. The molecule has 24 heavy (non-hydrogen) atoms. The number of halogens is 1. The molecule has 2 aromatic carbocycles. The highest BCUT2D eigenvalue weighted by atomic mass is 79.9. The number of carbonyl (C=O) groups excluding carboxylic acids is 2. The maximum Gasteiger partial charge on any atom is 0.319 e. The highest BCUT2D eigenvalue weighted by Crippen LogP contribution is 2.23. The molecule has 0 saturated heterocycles. The molecule has 0 unspecified atom stereocenters. The SMILES string of the molecule is CC(=O)Nc1ccc(NC(=O)NCCOc2ccccc2Br)cc1. The summed E-state index contributed by atoms with van der Waals surface area (Å²) < 4.78 is 6.43. The maximum absolute atomic E-state index is 11.8. The Kier molecular flexibility index (Phi) is 6.62. The van der Waals surface area contributed by atoms with Gasteiger partial charge in [-0.05, 0) is 52.3 Å². The zero-order valence-corrected chi connectivity index (χ0v) is 14.7. The Morgan fingerprint density at radius 3 is 2.25 bits per heavy atom. The Balaban J connectivity index is 1.71. The summed E-state index contributed by atoms with van der Waals surface area (Å²) in [6.45, 7) is 2.17. The molecule has 0 saturated carbocycles. The Hall–Kier alpha value is -2.54. The van der Waals surface area contributed by atoms with E-state index >= 15 is 0 Å². The molecule has 0 atom stereocenters. The molecule has 0 spiro atoms. The summed E-state index contributed by atoms with van der Waals surface area (Å²) >= 11 is 3.39. The normalized spacial score (nSPS) is 9.92. The monoisotopic (exact) mass is 391 g/mol. The second kappa shape index (κ2) is 8.93. The molecule has 3 amide bonds. The van der Waals surface area contributed by atoms with E-state index in [0.717, 1.165) is 10.2 Å². The molecular formula is C17H18BrN3O3. The minimum atomic E-state index is -0.321. The molecule has 2 rings (SSSR count). The van der Waals surface area contributed by atoms with Crippen molar-refractivity contribution >= 4 is 39.2 Å². The maximum atomic E-state index is 11.8. The largest absolute Gasteiger partial charge is 0.491 e. The first-order chi connectivity index (χ1) is 11.5. The van der Waals surface area contributed by atoms with E-state index in [1.165, 1.54) is 6.92 Å². The van der Waals surface area contributed by atoms with Gasteiger partial charge in [0, 0.05) is 18.3 Å². The van der Waals surface area contributed by atoms with Crippen LogP contribution in [-0.4, -0.2) is 25.1 Å². The highest BCUT2D eigenvalue weighted by molar-refractivity contribution is 9.10. The third-order valence-electron chi connectivity index (χ3n) is 2.94. The summed E-state index contributed by atoms with van der Waals surface area (Å²) in [7, 11) is 0. The van der Waals surface area contributed by atoms with Gasteiger partial charge in [-0.1, -0.05) is 12.1 Å². The smallest absolute Gasteiger partial charge is 0.319 e. The molecule has 0 heterocycles. The fraction of sp³-hybridized carbons (Fsp3) is 0.176. The average molecular weight is 392 g/mol. The van der Waals surface area contributed by atoms with Crippen LogP contribution >= 0.6 is 15.9 Å². The van der Waals surface area contributed by atoms with Gasteiger partial charge >= 0.3 is 6.03 Å². The van der Waals surface area contributed by atoms with Gasteiger partial charge in [-0.3, -0.25) is 4.79 Å². The van der Waals surface area contributed by atoms with Crippen molar-refractivity contribution in [2.45, 2.75) is 6.92 Å². The van der Waals surface area contributed by atoms with E-state index in [4.69, 9.17) is 4.74 Å². The van der Waals surface area contributed by atoms with Gasteiger partial charge in [0.25, 0.3) is 0 Å². The number of ether oxygens (including phenoxy) is 1. The van der Waals surface area contributed by atoms with Gasteiger partial charge in [0.15, 0.2) is 0 Å². The quantitative estimate of drug-likeness (QED) is 0.658. The summed E-state index contributed by atoms with van der Waals surface area (Å²) in [5.41, 5.74) is 1.31. The average Bonchev–Trinajstić information content (AvgIpc) is 2.54. The Morgan fingerprint density at radius 1 is 1.00 bits per heavy atom. The van der Waals surface area contributed by atoms with Gasteiger partial charge in [0.05, 0.1) is 11.0 Å². The van der Waals surface area contributed by atoms with Crippen molar-refractivity contribution in [1.82, 2.24) is 5.32 Å². The number of carbonyl (C=O) groups is 2. The summed E-state index contributed by atoms with van der Waals surface area (Å²) in [5, 5.41) is 8.07. The van der Waals surface area contributed by atoms with Crippen molar-refractivity contribution in [2.24, 2.45) is 0 Å². The molecule has 0 aromatic heterocycles. The third kappa shape index (κ3) is 5.92. The summed E-state index contributed by atoms with van der Waals surface area (Å²) in [6.07, 6.45) is 0. The molecule has 0 bridgehead atoms. The molecule has 3 N–H and O–H groups in total. The van der Waals surface area contributed by atoms with E-state index in [9.17, 15) is 9.59 Å². The molecule has 0 aliphatic carbocycles. The lowest BCUT2D eigenvalue weighted by Gasteiger charge is -2.10. The van der Waals surface area contributed by atoms with E-state index in [0.29, 0.717) is 24.5 Å². The number of anilines is 2. The molecule has 126 valence electrons. The van der Waals surface area contributed by atoms with Crippen molar-refractivity contribution in [3.05, 3.63) is 53.0 Å². The predicted octanol–water partition coefficient (Wildman–Crippen LogP) is 3.61. The van der Waals surface area contributed by atoms with Gasteiger partial charge in [-0.15, -0.1) is 0 Å². The number of nitrogens with one attached hydrogen (secondary N) is 3. The van der Waals surface area contributed by atoms with Crippen LogP contribution in [0.2, 0.25) is 0 Å². The molecule has 0 aliphatic heterocycles. The number of para-hydroxylation sites is 1. The molecule has 0 fully saturated rings. The van der Waals surface area contributed by atoms with Gasteiger partial charge in [0.2, 0.25) is 5.91 Å². The van der Waals surface area contributed by atoms with E-state index in [1.807, 2.05) is 24.3 Å². The van der Waals surface area contributed by atoms with Crippen molar-refractivity contribution in [3.8, 4) is 5.75 Å². The van der Waals surface area contributed by atoms with Crippen LogP contribution in [0.1, 0.15) is 6.92 Å². The molecule has 6 nitrogen and oxygen atoms in total. The van der Waals surface area contributed by atoms with Crippen LogP contribution in [0.5, 0.6) is 5.75 Å². The second-order valence-electron chi connectivity index (χ2n) is 4.92. The van der Waals surface area contributed by atoms with Crippen LogP contribution in [-0.2, 0) is 4.79 Å². The van der Waals surface area contributed by atoms with Gasteiger partial charge in [0.1, 0.15) is 12.4 Å². The zero-order chi connectivity index (χ0) is 17.4. The van der Waals surface area contributed by atoms with Gasteiger partial charge < -0.3 is 20.7 Å². The standard InChI is InChI=1S/C17H18BrN3O3/c1-12(22)20-13-6-8-14(9-7-13)21-17(23)19-10-11-24-16-5-3-2-4-15(16)18/h2-9H,10-11H2,1H3,(H,20,22)(H2,19,21,23). The summed E-state index contributed by atoms with van der Waals surface area (Å²) in [4.78, 5) is 22.7. The van der Waals surface area contributed by atoms with Gasteiger partial charge in [-0.2, -0.15) is 0 Å². The third-order valence-corrected chi connectivity index (χ3v) is 3.60. The molecule has 2 aromatic rings. The van der Waals surface area contributed by atoms with Crippen molar-refractivity contribution in [1.29, 1.82) is 0 Å². The van der Waals surface area contributed by atoms with Crippen LogP contribution in [0.4, 0.5) is 16.2 Å². The summed E-state index contributed by atoms with van der Waals surface area (Å²) in [6, 6.07) is 14.1. The van der Waals surface area contributed by atoms with E-state index in [-0.39, 0.29) is 11.9 Å². The minimum Gasteiger partial charge on any atom is -0.491 e. The van der Waals surface area contributed by atoms with Gasteiger partial charge in [-0.25, -0.2) is 4.79 Å². The number of hydrogen-bond donors (Lipinski definition) is 3. The van der Waals surface area contributed by atoms with Crippen molar-refractivity contribution in [3.63, 3.8) is 0 Å². The first kappa shape index (κ1) is 17.8. The number of hydrogen-bond acceptors (Lipinski definition) is 3. The fourth-order valence-electron chi connectivity index (χ4n) is 1.90. The van der Waals surface area contributed by atoms with E-state index < -0.39 is 0 Å². The Morgan fingerprint density at radius 2 is 1.62 bits per heavy atom. The zero-order valence-electron chi connectivity index (χ0n) is 13.1. The molecule has 0 aliphatic rings. The highest BCUT2D eigenvalue weighted by Gasteiger charge is 2.03. The Labute approximate surface area is 148 Å². The Bertz CT molecular complexity index is 704. The second-order valence-corrected chi connectivity index (χ2v) is 5.77. The first-order valence-electron chi connectivity index (χ1n) is 7.34. The minimum absolute atomic E-state index is 0.140.